The highest BCUT2D eigenvalue weighted by Gasteiger charge is 2.31. The lowest BCUT2D eigenvalue weighted by atomic mass is 10.0. The fourth-order valence-corrected chi connectivity index (χ4v) is 2.27. The molecule has 0 saturated heterocycles. The van der Waals surface area contributed by atoms with Crippen LogP contribution in [0.4, 0.5) is 13.2 Å². The van der Waals surface area contributed by atoms with Crippen molar-refractivity contribution in [3.05, 3.63) is 46.6 Å². The number of methoxy groups -OCH3 is 1. The van der Waals surface area contributed by atoms with Gasteiger partial charge in [-0.15, -0.1) is 0 Å². The van der Waals surface area contributed by atoms with Gasteiger partial charge in [0.05, 0.1) is 17.5 Å². The molecule has 0 aliphatic heterocycles. The van der Waals surface area contributed by atoms with Crippen LogP contribution in [0, 0.1) is 0 Å². The van der Waals surface area contributed by atoms with E-state index in [2.05, 4.69) is 4.98 Å². The number of alkyl halides is 3. The molecule has 0 amide bonds. The molecule has 0 saturated carbocycles. The molecule has 0 N–H and O–H groups in total. The number of likely N-dealkylation sites (N-methyl/N-ethyl adjacent to an activating group) is 1. The molecule has 0 aliphatic carbocycles. The highest BCUT2D eigenvalue weighted by Crippen LogP contribution is 2.36. The molecular formula is C17H20F3N3O3. The van der Waals surface area contributed by atoms with Crippen molar-refractivity contribution in [2.45, 2.75) is 12.7 Å². The number of hydrogen-bond donors (Lipinski definition) is 0. The Hall–Kier alpha value is -2.39. The summed E-state index contributed by atoms with van der Waals surface area (Å²) in [5.74, 6) is -0.0917. The van der Waals surface area contributed by atoms with Crippen LogP contribution in [-0.2, 0) is 17.5 Å². The minimum Gasteiger partial charge on any atom is -0.467 e. The summed E-state index contributed by atoms with van der Waals surface area (Å²) in [6.07, 6.45) is -1.81. The van der Waals surface area contributed by atoms with E-state index >= 15 is 0 Å². The average Bonchev–Trinajstić information content (AvgIpc) is 2.58. The Morgan fingerprint density at radius 3 is 2.58 bits per heavy atom. The lowest BCUT2D eigenvalue weighted by molar-refractivity contribution is -0.137. The first-order chi connectivity index (χ1) is 12.2. The van der Waals surface area contributed by atoms with Crippen LogP contribution in [0.1, 0.15) is 5.56 Å². The van der Waals surface area contributed by atoms with Gasteiger partial charge in [-0.25, -0.2) is 4.98 Å². The molecule has 1 heterocycles. The highest BCUT2D eigenvalue weighted by atomic mass is 19.4. The summed E-state index contributed by atoms with van der Waals surface area (Å²) >= 11 is 0. The SMILES string of the molecule is COCOc1cc(C(F)(F)F)ccc1-c1cncn(CCN(C)C)c1=O. The van der Waals surface area contributed by atoms with Crippen molar-refractivity contribution < 1.29 is 22.6 Å². The number of nitrogens with zero attached hydrogens (tertiary/aromatic N) is 3. The molecule has 0 unspecified atom stereocenters. The minimum absolute atomic E-state index is 0.0917. The third kappa shape index (κ3) is 4.83. The van der Waals surface area contributed by atoms with Gasteiger partial charge in [0.25, 0.3) is 5.56 Å². The molecule has 9 heteroatoms. The van der Waals surface area contributed by atoms with Crippen LogP contribution in [-0.4, -0.2) is 49.0 Å². The number of halogens is 3. The molecule has 0 radical (unpaired) electrons. The summed E-state index contributed by atoms with van der Waals surface area (Å²) in [7, 11) is 5.09. The van der Waals surface area contributed by atoms with Crippen LogP contribution in [0.25, 0.3) is 11.1 Å². The van der Waals surface area contributed by atoms with Crippen LogP contribution in [0.3, 0.4) is 0 Å². The molecule has 0 spiro atoms. The van der Waals surface area contributed by atoms with Gasteiger partial charge < -0.3 is 14.4 Å². The van der Waals surface area contributed by atoms with Crippen LogP contribution >= 0.6 is 0 Å². The molecule has 0 atom stereocenters. The van der Waals surface area contributed by atoms with E-state index in [0.717, 1.165) is 12.1 Å². The fraction of sp³-hybridized carbons (Fsp3) is 0.412. The summed E-state index contributed by atoms with van der Waals surface area (Å²) < 4.78 is 50.4. The average molecular weight is 371 g/mol. The van der Waals surface area contributed by atoms with E-state index in [-0.39, 0.29) is 29.2 Å². The normalized spacial score (nSPS) is 11.8. The predicted molar refractivity (Wildman–Crippen MR) is 90.0 cm³/mol. The Kier molecular flexibility index (Phi) is 6.38. The third-order valence-electron chi connectivity index (χ3n) is 3.62. The Morgan fingerprint density at radius 1 is 1.23 bits per heavy atom. The minimum atomic E-state index is -4.52. The standard InChI is InChI=1S/C17H20F3N3O3/c1-22(2)6-7-23-10-21-9-14(16(23)24)13-5-4-12(17(18,19)20)8-15(13)26-11-25-3/h4-5,8-10H,6-7,11H2,1-3H3. The third-order valence-corrected chi connectivity index (χ3v) is 3.62. The molecule has 0 aliphatic rings. The maximum atomic E-state index is 13.0. The maximum Gasteiger partial charge on any atom is 0.416 e. The summed E-state index contributed by atoms with van der Waals surface area (Å²) in [6.45, 7) is 0.774. The summed E-state index contributed by atoms with van der Waals surface area (Å²) in [4.78, 5) is 18.6. The van der Waals surface area contributed by atoms with E-state index in [4.69, 9.17) is 9.47 Å². The predicted octanol–water partition coefficient (Wildman–Crippen LogP) is 2.47. The van der Waals surface area contributed by atoms with Gasteiger partial charge in [0.2, 0.25) is 0 Å². The van der Waals surface area contributed by atoms with Gasteiger partial charge in [-0.2, -0.15) is 13.2 Å². The van der Waals surface area contributed by atoms with Crippen molar-refractivity contribution in [2.24, 2.45) is 0 Å². The first-order valence-electron chi connectivity index (χ1n) is 7.76. The van der Waals surface area contributed by atoms with Crippen molar-refractivity contribution in [2.75, 3.05) is 34.5 Å². The van der Waals surface area contributed by atoms with E-state index in [1.165, 1.54) is 30.3 Å². The Bertz CT molecular complexity index is 804. The van der Waals surface area contributed by atoms with Crippen LogP contribution in [0.5, 0.6) is 5.75 Å². The summed E-state index contributed by atoms with van der Waals surface area (Å²) in [5.41, 5.74) is -0.842. The van der Waals surface area contributed by atoms with Gasteiger partial charge in [-0.05, 0) is 32.3 Å². The monoisotopic (exact) mass is 371 g/mol. The second-order valence-corrected chi connectivity index (χ2v) is 5.87. The topological polar surface area (TPSA) is 56.6 Å². The number of rotatable bonds is 7. The van der Waals surface area contributed by atoms with Crippen molar-refractivity contribution in [1.82, 2.24) is 14.5 Å². The van der Waals surface area contributed by atoms with E-state index < -0.39 is 11.7 Å². The fourth-order valence-electron chi connectivity index (χ4n) is 2.27. The quantitative estimate of drug-likeness (QED) is 0.700. The van der Waals surface area contributed by atoms with Crippen LogP contribution in [0.15, 0.2) is 35.5 Å². The molecule has 6 nitrogen and oxygen atoms in total. The molecule has 2 rings (SSSR count). The zero-order valence-electron chi connectivity index (χ0n) is 14.7. The lowest BCUT2D eigenvalue weighted by Crippen LogP contribution is -2.27. The van der Waals surface area contributed by atoms with Gasteiger partial charge in [-0.1, -0.05) is 0 Å². The van der Waals surface area contributed by atoms with E-state index in [9.17, 15) is 18.0 Å². The Morgan fingerprint density at radius 2 is 1.96 bits per heavy atom. The van der Waals surface area contributed by atoms with Gasteiger partial charge in [0, 0.05) is 32.0 Å². The number of benzene rings is 1. The van der Waals surface area contributed by atoms with Crippen LogP contribution in [0.2, 0.25) is 0 Å². The Labute approximate surface area is 148 Å². The van der Waals surface area contributed by atoms with Crippen LogP contribution < -0.4 is 10.3 Å². The van der Waals surface area contributed by atoms with Crippen molar-refractivity contribution in [1.29, 1.82) is 0 Å². The number of hydrogen-bond acceptors (Lipinski definition) is 5. The highest BCUT2D eigenvalue weighted by molar-refractivity contribution is 5.69. The first-order valence-corrected chi connectivity index (χ1v) is 7.76. The second kappa shape index (κ2) is 8.33. The molecule has 142 valence electrons. The number of ether oxygens (including phenoxy) is 2. The molecule has 26 heavy (non-hydrogen) atoms. The second-order valence-electron chi connectivity index (χ2n) is 5.87. The largest absolute Gasteiger partial charge is 0.467 e. The van der Waals surface area contributed by atoms with Gasteiger partial charge in [0.1, 0.15) is 5.75 Å². The summed E-state index contributed by atoms with van der Waals surface area (Å²) in [5, 5.41) is 0. The molecule has 1 aromatic heterocycles. The molecule has 0 fully saturated rings. The summed E-state index contributed by atoms with van der Waals surface area (Å²) in [6, 6.07) is 2.97. The van der Waals surface area contributed by atoms with Crippen molar-refractivity contribution >= 4 is 0 Å². The van der Waals surface area contributed by atoms with E-state index in [1.54, 1.807) is 0 Å². The maximum absolute atomic E-state index is 13.0. The van der Waals surface area contributed by atoms with Crippen molar-refractivity contribution in [3.63, 3.8) is 0 Å². The zero-order chi connectivity index (χ0) is 19.3. The molecule has 1 aromatic carbocycles. The molecule has 2 aromatic rings. The van der Waals surface area contributed by atoms with Gasteiger partial charge in [-0.3, -0.25) is 9.36 Å². The van der Waals surface area contributed by atoms with Gasteiger partial charge in [0.15, 0.2) is 6.79 Å². The zero-order valence-corrected chi connectivity index (χ0v) is 14.7. The molecular weight excluding hydrogens is 351 g/mol. The number of aromatic nitrogens is 2. The Balaban J connectivity index is 2.50. The smallest absolute Gasteiger partial charge is 0.416 e. The molecule has 0 bridgehead atoms. The lowest BCUT2D eigenvalue weighted by Gasteiger charge is -2.15. The van der Waals surface area contributed by atoms with E-state index in [0.29, 0.717) is 13.1 Å². The van der Waals surface area contributed by atoms with Gasteiger partial charge >= 0.3 is 6.18 Å². The first kappa shape index (κ1) is 19.9. The van der Waals surface area contributed by atoms with Crippen molar-refractivity contribution in [3.8, 4) is 16.9 Å². The van der Waals surface area contributed by atoms with E-state index in [1.807, 2.05) is 19.0 Å².